The van der Waals surface area contributed by atoms with Crippen molar-refractivity contribution in [2.24, 2.45) is 5.92 Å². The molecule has 41 heavy (non-hydrogen) atoms. The molecule has 7 rings (SSSR count). The molecule has 1 saturated carbocycles. The third kappa shape index (κ3) is 4.91. The quantitative estimate of drug-likeness (QED) is 0.225. The first-order chi connectivity index (χ1) is 19.6. The average Bonchev–Trinajstić information content (AvgIpc) is 3.63. The fraction of sp³-hybridized carbons (Fsp3) is 0.500. The number of hydrogen-bond acceptors (Lipinski definition) is 15. The van der Waals surface area contributed by atoms with Crippen molar-refractivity contribution in [3.8, 4) is 0 Å². The number of imidazole rings is 2. The highest BCUT2D eigenvalue weighted by Crippen LogP contribution is 2.57. The van der Waals surface area contributed by atoms with Gasteiger partial charge in [0.15, 0.2) is 29.2 Å². The molecule has 4 aromatic heterocycles. The summed E-state index contributed by atoms with van der Waals surface area (Å²) in [6.07, 6.45) is 2.69. The second-order valence-corrected chi connectivity index (χ2v) is 14.1. The van der Waals surface area contributed by atoms with Gasteiger partial charge in [0.2, 0.25) is 0 Å². The second kappa shape index (κ2) is 9.95. The van der Waals surface area contributed by atoms with Gasteiger partial charge >= 0.3 is 14.5 Å². The number of phosphoric ester groups is 1. The molecule has 6 heterocycles. The Hall–Kier alpha value is -2.70. The molecule has 18 nitrogen and oxygen atoms in total. The first kappa shape index (κ1) is 27.2. The minimum absolute atomic E-state index is 0.103. The standard InChI is InChI=1S/C20H24N10O8P2S/c21-16-13-18(25-5-23-16)29(7-27-13)11-1-9-3-34-39(31,32)37-12-2-10(4-35-40(33,41)38-15(9)11)36-20(12)30-8-28-14-17(22)24-6-26-19(14)30/h5-12,15,20H,1-4H2,(H,31,32)(H,33,41)(H2,21,23,25)(H2,22,24,26)/t9-,10+,11-,12-,15?,20-,40?/m1/s1. The normalized spacial score (nSPS) is 36.2. The lowest BCUT2D eigenvalue weighted by Crippen LogP contribution is -2.46. The third-order valence-corrected chi connectivity index (χ3v) is 9.91. The Morgan fingerprint density at radius 3 is 2.24 bits per heavy atom. The van der Waals surface area contributed by atoms with Crippen molar-refractivity contribution in [3.63, 3.8) is 0 Å². The SMILES string of the molecule is Nc1ncnc2c1ncn2[C@@H]1C[C@@H]2COP(=O)(O)O[C@@H]3C[C@@H](COP(O)(=S)OC21)O[C@H]3n1cnc2c(N)ncnc21. The number of phosphoric acid groups is 1. The maximum absolute atomic E-state index is 13.1. The number of fused-ring (bicyclic) bond motifs is 5. The second-order valence-electron chi connectivity index (χ2n) is 9.86. The van der Waals surface area contributed by atoms with Crippen LogP contribution in [0.2, 0.25) is 0 Å². The van der Waals surface area contributed by atoms with Crippen LogP contribution in [-0.2, 0) is 39.2 Å². The Bertz CT molecular complexity index is 1730. The van der Waals surface area contributed by atoms with Crippen LogP contribution in [0.5, 0.6) is 0 Å². The van der Waals surface area contributed by atoms with Crippen molar-refractivity contribution in [1.29, 1.82) is 0 Å². The number of nitrogens with two attached hydrogens (primary N) is 2. The summed E-state index contributed by atoms with van der Waals surface area (Å²) in [5.41, 5.74) is 13.4. The zero-order valence-corrected chi connectivity index (χ0v) is 23.6. The lowest BCUT2D eigenvalue weighted by atomic mass is 9.77. The van der Waals surface area contributed by atoms with Crippen molar-refractivity contribution < 1.29 is 37.2 Å². The van der Waals surface area contributed by atoms with Gasteiger partial charge in [-0.05, 0) is 18.2 Å². The Morgan fingerprint density at radius 1 is 0.878 bits per heavy atom. The molecule has 0 amide bonds. The van der Waals surface area contributed by atoms with Crippen molar-refractivity contribution in [2.45, 2.75) is 43.4 Å². The number of nitrogen functional groups attached to an aromatic ring is 2. The van der Waals surface area contributed by atoms with Crippen molar-refractivity contribution in [3.05, 3.63) is 25.3 Å². The summed E-state index contributed by atoms with van der Waals surface area (Å²) in [4.78, 5) is 46.6. The van der Waals surface area contributed by atoms with E-state index in [1.807, 2.05) is 0 Å². The summed E-state index contributed by atoms with van der Waals surface area (Å²) < 4.78 is 45.1. The van der Waals surface area contributed by atoms with Crippen LogP contribution in [0.3, 0.4) is 0 Å². The fourth-order valence-electron chi connectivity index (χ4n) is 5.37. The van der Waals surface area contributed by atoms with Crippen LogP contribution in [0.15, 0.2) is 25.3 Å². The number of hydrogen-bond donors (Lipinski definition) is 4. The molecule has 3 fully saturated rings. The number of ether oxygens (including phenoxy) is 1. The summed E-state index contributed by atoms with van der Waals surface area (Å²) in [7, 11) is -4.60. The van der Waals surface area contributed by atoms with E-state index in [1.54, 1.807) is 4.57 Å². The van der Waals surface area contributed by atoms with Gasteiger partial charge in [0.1, 0.15) is 29.8 Å². The van der Waals surface area contributed by atoms with Gasteiger partial charge in [-0.25, -0.2) is 34.5 Å². The summed E-state index contributed by atoms with van der Waals surface area (Å²) in [6, 6.07) is -0.397. The Kier molecular flexibility index (Phi) is 6.59. The van der Waals surface area contributed by atoms with E-state index in [1.165, 1.54) is 29.9 Å². The molecule has 1 aliphatic carbocycles. The lowest BCUT2D eigenvalue weighted by Gasteiger charge is -2.45. The molecular formula is C20H24N10O8P2S. The van der Waals surface area contributed by atoms with Crippen molar-refractivity contribution in [2.75, 3.05) is 24.7 Å². The molecule has 0 spiro atoms. The van der Waals surface area contributed by atoms with E-state index in [0.717, 1.165) is 0 Å². The van der Waals surface area contributed by atoms with Gasteiger partial charge in [-0.2, -0.15) is 0 Å². The maximum Gasteiger partial charge on any atom is 0.472 e. The van der Waals surface area contributed by atoms with Crippen LogP contribution < -0.4 is 11.5 Å². The molecule has 4 aromatic rings. The molecule has 21 heteroatoms. The van der Waals surface area contributed by atoms with Crippen LogP contribution in [-0.4, -0.2) is 80.4 Å². The molecule has 2 saturated heterocycles. The van der Waals surface area contributed by atoms with Crippen LogP contribution in [0.1, 0.15) is 25.1 Å². The largest absolute Gasteiger partial charge is 0.472 e. The molecule has 2 aliphatic heterocycles. The van der Waals surface area contributed by atoms with Crippen molar-refractivity contribution >= 4 is 60.3 Å². The zero-order chi connectivity index (χ0) is 28.5. The predicted molar refractivity (Wildman–Crippen MR) is 143 cm³/mol. The number of anilines is 2. The fourth-order valence-corrected chi connectivity index (χ4v) is 7.86. The van der Waals surface area contributed by atoms with E-state index >= 15 is 0 Å². The molecule has 6 N–H and O–H groups in total. The average molecular weight is 626 g/mol. The molecule has 3 unspecified atom stereocenters. The van der Waals surface area contributed by atoms with E-state index in [2.05, 4.69) is 29.9 Å². The smallest absolute Gasteiger partial charge is 0.382 e. The Morgan fingerprint density at radius 2 is 1.54 bits per heavy atom. The van der Waals surface area contributed by atoms with Crippen LogP contribution in [0, 0.1) is 5.92 Å². The van der Waals surface area contributed by atoms with Crippen LogP contribution in [0.25, 0.3) is 22.3 Å². The molecule has 0 radical (unpaired) electrons. The number of rotatable bonds is 2. The van der Waals surface area contributed by atoms with E-state index < -0.39 is 51.0 Å². The third-order valence-electron chi connectivity index (χ3n) is 7.34. The van der Waals surface area contributed by atoms with E-state index in [4.69, 9.17) is 46.1 Å². The molecule has 3 aliphatic rings. The Labute approximate surface area is 235 Å². The number of aromatic nitrogens is 8. The van der Waals surface area contributed by atoms with Gasteiger partial charge in [0, 0.05) is 12.3 Å². The molecule has 218 valence electrons. The molecule has 2 bridgehead atoms. The van der Waals surface area contributed by atoms with Crippen LogP contribution in [0.4, 0.5) is 11.6 Å². The molecule has 8 atom stereocenters. The highest BCUT2D eigenvalue weighted by molar-refractivity contribution is 8.07. The van der Waals surface area contributed by atoms with E-state index in [9.17, 15) is 14.4 Å². The van der Waals surface area contributed by atoms with Gasteiger partial charge in [0.05, 0.1) is 44.1 Å². The molecule has 0 aromatic carbocycles. The summed E-state index contributed by atoms with van der Waals surface area (Å²) >= 11 is 5.34. The van der Waals surface area contributed by atoms with Crippen molar-refractivity contribution in [1.82, 2.24) is 39.0 Å². The lowest BCUT2D eigenvalue weighted by molar-refractivity contribution is -0.0713. The first-order valence-corrected chi connectivity index (χ1v) is 16.5. The minimum Gasteiger partial charge on any atom is -0.382 e. The molecular weight excluding hydrogens is 602 g/mol. The topological polar surface area (TPSA) is 243 Å². The van der Waals surface area contributed by atoms with Gasteiger partial charge in [-0.1, -0.05) is 0 Å². The monoisotopic (exact) mass is 626 g/mol. The maximum atomic E-state index is 13.1. The summed E-state index contributed by atoms with van der Waals surface area (Å²) in [5, 5.41) is 0. The van der Waals surface area contributed by atoms with Gasteiger partial charge < -0.3 is 39.6 Å². The first-order valence-electron chi connectivity index (χ1n) is 12.4. The summed E-state index contributed by atoms with van der Waals surface area (Å²) in [5.74, 6) is -0.0692. The highest BCUT2D eigenvalue weighted by atomic mass is 32.5. The van der Waals surface area contributed by atoms with Gasteiger partial charge in [-0.15, -0.1) is 0 Å². The predicted octanol–water partition coefficient (Wildman–Crippen LogP) is 0.813. The van der Waals surface area contributed by atoms with E-state index in [0.29, 0.717) is 28.7 Å². The van der Waals surface area contributed by atoms with E-state index in [-0.39, 0.29) is 31.3 Å². The minimum atomic E-state index is -4.60. The van der Waals surface area contributed by atoms with Crippen LogP contribution >= 0.6 is 14.5 Å². The van der Waals surface area contributed by atoms with Gasteiger partial charge in [-0.3, -0.25) is 13.6 Å². The highest BCUT2D eigenvalue weighted by Gasteiger charge is 2.49. The zero-order valence-electron chi connectivity index (χ0n) is 21.0. The summed E-state index contributed by atoms with van der Waals surface area (Å²) in [6.45, 7) is -4.22. The Balaban J connectivity index is 1.16. The number of nitrogens with zero attached hydrogens (tertiary/aromatic N) is 8. The van der Waals surface area contributed by atoms with Gasteiger partial charge in [0.25, 0.3) is 0 Å².